The van der Waals surface area contributed by atoms with Gasteiger partial charge in [-0.2, -0.15) is 10.4 Å². The molecule has 2 rings (SSSR count). The van der Waals surface area contributed by atoms with E-state index in [9.17, 15) is 4.79 Å². The van der Waals surface area contributed by atoms with E-state index in [1.165, 1.54) is 0 Å². The van der Waals surface area contributed by atoms with Gasteiger partial charge in [0, 0.05) is 11.3 Å². The quantitative estimate of drug-likeness (QED) is 0.383. The van der Waals surface area contributed by atoms with Crippen LogP contribution in [0, 0.1) is 16.7 Å². The van der Waals surface area contributed by atoms with Crippen molar-refractivity contribution in [3.05, 3.63) is 60.2 Å². The van der Waals surface area contributed by atoms with Crippen LogP contribution in [0.4, 0.5) is 11.4 Å². The Labute approximate surface area is 132 Å². The minimum absolute atomic E-state index is 0.219. The fraction of sp³-hybridized carbons (Fsp3) is 0. The van der Waals surface area contributed by atoms with Gasteiger partial charge in [-0.1, -0.05) is 24.3 Å². The molecule has 114 valence electrons. The van der Waals surface area contributed by atoms with Crippen LogP contribution in [-0.2, 0) is 0 Å². The summed E-state index contributed by atoms with van der Waals surface area (Å²) in [6.07, 6.45) is 0. The largest absolute Gasteiger partial charge is 0.382 e. The molecule has 0 aliphatic rings. The van der Waals surface area contributed by atoms with Crippen LogP contribution in [0.15, 0.2) is 59.7 Å². The Morgan fingerprint density at radius 2 is 1.83 bits per heavy atom. The highest BCUT2D eigenvalue weighted by atomic mass is 16.1. The zero-order chi connectivity index (χ0) is 16.7. The van der Waals surface area contributed by atoms with Gasteiger partial charge < -0.3 is 11.1 Å². The van der Waals surface area contributed by atoms with E-state index in [4.69, 9.17) is 16.4 Å². The van der Waals surface area contributed by atoms with Gasteiger partial charge in [0.15, 0.2) is 5.84 Å². The summed E-state index contributed by atoms with van der Waals surface area (Å²) in [6, 6.07) is 17.3. The molecule has 1 amide bonds. The van der Waals surface area contributed by atoms with Gasteiger partial charge in [0.05, 0.1) is 5.69 Å². The fourth-order valence-electron chi connectivity index (χ4n) is 1.73. The van der Waals surface area contributed by atoms with Gasteiger partial charge in [0.1, 0.15) is 6.07 Å². The Morgan fingerprint density at radius 1 is 1.13 bits per heavy atom. The maximum absolute atomic E-state index is 12.1. The number of amidine groups is 1. The number of carbonyl (C=O) groups is 1. The highest BCUT2D eigenvalue weighted by Crippen LogP contribution is 2.16. The van der Waals surface area contributed by atoms with E-state index in [1.54, 1.807) is 54.6 Å². The molecule has 0 spiro atoms. The monoisotopic (exact) mass is 306 g/mol. The zero-order valence-corrected chi connectivity index (χ0v) is 12.1. The average molecular weight is 306 g/mol. The van der Waals surface area contributed by atoms with Crippen LogP contribution in [0.25, 0.3) is 0 Å². The van der Waals surface area contributed by atoms with Gasteiger partial charge in [-0.25, -0.2) is 0 Å². The first-order valence-corrected chi connectivity index (χ1v) is 6.65. The maximum atomic E-state index is 12.1. The van der Waals surface area contributed by atoms with Crippen molar-refractivity contribution in [2.45, 2.75) is 0 Å². The molecule has 0 heterocycles. The maximum Gasteiger partial charge on any atom is 0.255 e. The summed E-state index contributed by atoms with van der Waals surface area (Å²) in [7, 11) is 0. The number of amides is 1. The van der Waals surface area contributed by atoms with Gasteiger partial charge in [-0.3, -0.25) is 15.6 Å². The van der Waals surface area contributed by atoms with E-state index in [0.717, 1.165) is 0 Å². The molecule has 0 atom stereocenters. The molecule has 0 unspecified atom stereocenters. The standard InChI is InChI=1S/C16H14N6O/c17-10-14(15(18)19)22-21-13-8-4-7-12(9-13)20-16(23)11-5-2-1-3-6-11/h1-9,21H,(H3,18,19)(H,20,23)/b22-14+. The predicted molar refractivity (Wildman–Crippen MR) is 89.4 cm³/mol. The topological polar surface area (TPSA) is 127 Å². The third-order valence-electron chi connectivity index (χ3n) is 2.81. The van der Waals surface area contributed by atoms with Crippen molar-refractivity contribution in [3.8, 4) is 6.07 Å². The van der Waals surface area contributed by atoms with Crippen molar-refractivity contribution in [3.63, 3.8) is 0 Å². The number of nitriles is 1. The molecule has 0 saturated heterocycles. The number of hydrogen-bond donors (Lipinski definition) is 4. The van der Waals surface area contributed by atoms with E-state index >= 15 is 0 Å². The lowest BCUT2D eigenvalue weighted by Gasteiger charge is -2.07. The summed E-state index contributed by atoms with van der Waals surface area (Å²) in [6.45, 7) is 0. The van der Waals surface area contributed by atoms with Crippen LogP contribution < -0.4 is 16.5 Å². The van der Waals surface area contributed by atoms with Crippen molar-refractivity contribution >= 4 is 28.8 Å². The van der Waals surface area contributed by atoms with E-state index in [1.807, 2.05) is 6.07 Å². The van der Waals surface area contributed by atoms with E-state index in [-0.39, 0.29) is 11.6 Å². The molecule has 0 bridgehead atoms. The van der Waals surface area contributed by atoms with Crippen LogP contribution in [0.5, 0.6) is 0 Å². The number of nitrogens with two attached hydrogens (primary N) is 1. The van der Waals surface area contributed by atoms with Crippen LogP contribution >= 0.6 is 0 Å². The molecule has 0 fully saturated rings. The summed E-state index contributed by atoms with van der Waals surface area (Å²) in [5, 5.41) is 22.4. The Morgan fingerprint density at radius 3 is 2.48 bits per heavy atom. The number of hydrazone groups is 1. The van der Waals surface area contributed by atoms with Crippen molar-refractivity contribution in [1.29, 1.82) is 10.7 Å². The molecule has 2 aromatic rings. The summed E-state index contributed by atoms with van der Waals surface area (Å²) < 4.78 is 0. The minimum atomic E-state index is -0.423. The Bertz CT molecular complexity index is 792. The third kappa shape index (κ3) is 4.41. The number of anilines is 2. The third-order valence-corrected chi connectivity index (χ3v) is 2.81. The number of hydrogen-bond acceptors (Lipinski definition) is 5. The first-order chi connectivity index (χ1) is 11.1. The van der Waals surface area contributed by atoms with Crippen molar-refractivity contribution in [1.82, 2.24) is 0 Å². The molecule has 0 radical (unpaired) electrons. The normalized spacial score (nSPS) is 10.5. The fourth-order valence-corrected chi connectivity index (χ4v) is 1.73. The number of nitrogens with one attached hydrogen (secondary N) is 3. The van der Waals surface area contributed by atoms with Crippen molar-refractivity contribution < 1.29 is 4.79 Å². The van der Waals surface area contributed by atoms with Gasteiger partial charge in [-0.15, -0.1) is 0 Å². The summed E-state index contributed by atoms with van der Waals surface area (Å²) >= 11 is 0. The second kappa shape index (κ2) is 7.38. The molecular weight excluding hydrogens is 292 g/mol. The molecule has 23 heavy (non-hydrogen) atoms. The molecule has 0 aliphatic heterocycles. The van der Waals surface area contributed by atoms with Gasteiger partial charge in [0.2, 0.25) is 5.71 Å². The molecular formula is C16H14N6O. The number of nitrogens with zero attached hydrogens (tertiary/aromatic N) is 2. The summed E-state index contributed by atoms with van der Waals surface area (Å²) in [5.41, 5.74) is 9.27. The number of rotatable bonds is 5. The highest BCUT2D eigenvalue weighted by Gasteiger charge is 2.06. The zero-order valence-electron chi connectivity index (χ0n) is 12.1. The van der Waals surface area contributed by atoms with Gasteiger partial charge in [0.25, 0.3) is 5.91 Å². The van der Waals surface area contributed by atoms with Crippen LogP contribution in [0.2, 0.25) is 0 Å². The second-order valence-corrected chi connectivity index (χ2v) is 4.50. The Kier molecular flexibility index (Phi) is 5.04. The molecule has 7 nitrogen and oxygen atoms in total. The summed E-state index contributed by atoms with van der Waals surface area (Å²) in [5.74, 6) is -0.652. The minimum Gasteiger partial charge on any atom is -0.382 e. The van der Waals surface area contributed by atoms with E-state index in [0.29, 0.717) is 16.9 Å². The lowest BCUT2D eigenvalue weighted by Crippen LogP contribution is -2.21. The van der Waals surface area contributed by atoms with Crippen molar-refractivity contribution in [2.24, 2.45) is 10.8 Å². The number of carbonyl (C=O) groups excluding carboxylic acids is 1. The van der Waals surface area contributed by atoms with Crippen LogP contribution in [0.1, 0.15) is 10.4 Å². The van der Waals surface area contributed by atoms with Crippen LogP contribution in [-0.4, -0.2) is 17.5 Å². The van der Waals surface area contributed by atoms with E-state index < -0.39 is 5.84 Å². The second-order valence-electron chi connectivity index (χ2n) is 4.50. The Hall–Kier alpha value is -3.66. The lowest BCUT2D eigenvalue weighted by molar-refractivity contribution is 0.102. The number of benzene rings is 2. The van der Waals surface area contributed by atoms with Gasteiger partial charge in [-0.05, 0) is 30.3 Å². The summed E-state index contributed by atoms with van der Waals surface area (Å²) in [4.78, 5) is 12.1. The molecule has 0 saturated carbocycles. The molecule has 0 aromatic heterocycles. The van der Waals surface area contributed by atoms with E-state index in [2.05, 4.69) is 15.8 Å². The highest BCUT2D eigenvalue weighted by molar-refractivity contribution is 6.45. The lowest BCUT2D eigenvalue weighted by atomic mass is 10.2. The Balaban J connectivity index is 2.10. The molecule has 5 N–H and O–H groups in total. The first kappa shape index (κ1) is 15.7. The first-order valence-electron chi connectivity index (χ1n) is 6.65. The SMILES string of the molecule is N#C/C(=N\Nc1cccc(NC(=O)c2ccccc2)c1)C(=N)N. The smallest absolute Gasteiger partial charge is 0.255 e. The van der Waals surface area contributed by atoms with Crippen LogP contribution in [0.3, 0.4) is 0 Å². The molecule has 0 aliphatic carbocycles. The average Bonchev–Trinajstić information content (AvgIpc) is 2.56. The van der Waals surface area contributed by atoms with Gasteiger partial charge >= 0.3 is 0 Å². The predicted octanol–water partition coefficient (Wildman–Crippen LogP) is 2.17. The van der Waals surface area contributed by atoms with Crippen molar-refractivity contribution in [2.75, 3.05) is 10.7 Å². The molecule has 7 heteroatoms. The molecule has 2 aromatic carbocycles.